The lowest BCUT2D eigenvalue weighted by molar-refractivity contribution is -0.136. The fourth-order valence-corrected chi connectivity index (χ4v) is 4.74. The molecule has 0 fully saturated rings. The number of nitrogens with one attached hydrogen (secondary N) is 1. The van der Waals surface area contributed by atoms with Gasteiger partial charge in [-0.05, 0) is 56.0 Å². The second-order valence-electron chi connectivity index (χ2n) is 8.05. The third-order valence-corrected chi connectivity index (χ3v) is 6.80. The molecular formula is C25H29NO6S. The van der Waals surface area contributed by atoms with Crippen molar-refractivity contribution in [2.45, 2.75) is 63.8 Å². The van der Waals surface area contributed by atoms with Crippen LogP contribution in [0.3, 0.4) is 0 Å². The highest BCUT2D eigenvalue weighted by molar-refractivity contribution is 7.89. The van der Waals surface area contributed by atoms with E-state index in [1.807, 2.05) is 13.8 Å². The molecule has 0 spiro atoms. The lowest BCUT2D eigenvalue weighted by Gasteiger charge is -2.17. The van der Waals surface area contributed by atoms with E-state index in [4.69, 9.17) is 9.15 Å². The molecule has 0 bridgehead atoms. The van der Waals surface area contributed by atoms with Crippen LogP contribution in [-0.4, -0.2) is 20.4 Å². The fraction of sp³-hybridized carbons (Fsp3) is 0.360. The molecule has 1 N–H and O–H groups in total. The van der Waals surface area contributed by atoms with Gasteiger partial charge in [-0.1, -0.05) is 44.4 Å². The number of hydrogen-bond donors (Lipinski definition) is 1. The van der Waals surface area contributed by atoms with E-state index >= 15 is 0 Å². The van der Waals surface area contributed by atoms with Gasteiger partial charge in [-0.2, -0.15) is 4.72 Å². The van der Waals surface area contributed by atoms with Crippen LogP contribution in [-0.2, 0) is 21.2 Å². The Morgan fingerprint density at radius 2 is 1.79 bits per heavy atom. The van der Waals surface area contributed by atoms with Gasteiger partial charge < -0.3 is 9.15 Å². The second-order valence-corrected chi connectivity index (χ2v) is 9.76. The van der Waals surface area contributed by atoms with Gasteiger partial charge in [0.1, 0.15) is 17.4 Å². The van der Waals surface area contributed by atoms with Crippen LogP contribution in [0.15, 0.2) is 62.6 Å². The van der Waals surface area contributed by atoms with Crippen molar-refractivity contribution < 1.29 is 22.4 Å². The molecule has 0 aliphatic carbocycles. The molecule has 2 aromatic carbocycles. The van der Waals surface area contributed by atoms with Gasteiger partial charge in [0.2, 0.25) is 10.0 Å². The molecule has 1 heterocycles. The van der Waals surface area contributed by atoms with Gasteiger partial charge in [-0.25, -0.2) is 18.0 Å². The van der Waals surface area contributed by atoms with Crippen molar-refractivity contribution in [1.29, 1.82) is 0 Å². The zero-order valence-corrected chi connectivity index (χ0v) is 19.9. The molecule has 1 atom stereocenters. The number of carbonyl (C=O) groups excluding carboxylic acids is 1. The van der Waals surface area contributed by atoms with E-state index in [0.717, 1.165) is 35.8 Å². The molecule has 0 saturated heterocycles. The average molecular weight is 472 g/mol. The van der Waals surface area contributed by atoms with E-state index in [1.165, 1.54) is 24.3 Å². The number of sulfonamides is 1. The highest BCUT2D eigenvalue weighted by Crippen LogP contribution is 2.24. The summed E-state index contributed by atoms with van der Waals surface area (Å²) in [5.74, 6) is -0.546. The summed E-state index contributed by atoms with van der Waals surface area (Å²) >= 11 is 0. The Morgan fingerprint density at radius 1 is 1.06 bits per heavy atom. The molecule has 33 heavy (non-hydrogen) atoms. The third-order valence-electron chi connectivity index (χ3n) is 5.31. The van der Waals surface area contributed by atoms with Crippen molar-refractivity contribution in [2.24, 2.45) is 0 Å². The summed E-state index contributed by atoms with van der Waals surface area (Å²) in [4.78, 5) is 24.9. The molecule has 176 valence electrons. The smallest absolute Gasteiger partial charge is 0.336 e. The van der Waals surface area contributed by atoms with Gasteiger partial charge in [-0.15, -0.1) is 0 Å². The highest BCUT2D eigenvalue weighted by Gasteiger charge is 2.27. The molecule has 0 aliphatic rings. The first kappa shape index (κ1) is 24.7. The first-order valence-corrected chi connectivity index (χ1v) is 12.6. The second kappa shape index (κ2) is 10.8. The molecule has 0 unspecified atom stereocenters. The monoisotopic (exact) mass is 471 g/mol. The van der Waals surface area contributed by atoms with Gasteiger partial charge in [0.05, 0.1) is 4.90 Å². The Kier molecular flexibility index (Phi) is 8.05. The molecule has 7 nitrogen and oxygen atoms in total. The lowest BCUT2D eigenvalue weighted by atomic mass is 10.0. The maximum atomic E-state index is 12.8. The molecule has 0 amide bonds. The predicted octanol–water partition coefficient (Wildman–Crippen LogP) is 4.50. The lowest BCUT2D eigenvalue weighted by Crippen LogP contribution is -2.42. The van der Waals surface area contributed by atoms with Crippen molar-refractivity contribution in [3.63, 3.8) is 0 Å². The number of benzene rings is 2. The molecule has 0 aliphatic heterocycles. The number of unbranched alkanes of at least 4 members (excludes halogenated alkanes) is 1. The van der Waals surface area contributed by atoms with Crippen LogP contribution in [0.1, 0.15) is 50.7 Å². The number of esters is 1. The molecule has 3 aromatic rings. The van der Waals surface area contributed by atoms with Crippen molar-refractivity contribution in [3.8, 4) is 5.75 Å². The van der Waals surface area contributed by atoms with E-state index in [9.17, 15) is 18.0 Å². The summed E-state index contributed by atoms with van der Waals surface area (Å²) in [6, 6.07) is 11.7. The van der Waals surface area contributed by atoms with Crippen molar-refractivity contribution >= 4 is 27.0 Å². The zero-order valence-electron chi connectivity index (χ0n) is 19.1. The third kappa shape index (κ3) is 6.30. The van der Waals surface area contributed by atoms with Gasteiger partial charge >= 0.3 is 11.6 Å². The SMILES string of the molecule is CCCCc1cc(=O)oc2cc(OC(=O)[C@@H](CCC)NS(=O)(=O)c3ccc(C)cc3)ccc12. The van der Waals surface area contributed by atoms with Crippen LogP contribution in [0.25, 0.3) is 11.0 Å². The topological polar surface area (TPSA) is 103 Å². The minimum absolute atomic E-state index is 0.0779. The van der Waals surface area contributed by atoms with E-state index in [2.05, 4.69) is 11.6 Å². The number of rotatable bonds is 10. The Morgan fingerprint density at radius 3 is 2.45 bits per heavy atom. The average Bonchev–Trinajstić information content (AvgIpc) is 2.77. The molecule has 0 saturated carbocycles. The Balaban J connectivity index is 1.82. The van der Waals surface area contributed by atoms with Crippen LogP contribution in [0, 0.1) is 6.92 Å². The fourth-order valence-electron chi connectivity index (χ4n) is 3.52. The van der Waals surface area contributed by atoms with Gasteiger partial charge in [-0.3, -0.25) is 0 Å². The summed E-state index contributed by atoms with van der Waals surface area (Å²) in [6.07, 6.45) is 3.53. The maximum absolute atomic E-state index is 12.8. The largest absolute Gasteiger partial charge is 0.425 e. The number of aryl methyl sites for hydroxylation is 2. The number of hydrogen-bond acceptors (Lipinski definition) is 6. The predicted molar refractivity (Wildman–Crippen MR) is 127 cm³/mol. The van der Waals surface area contributed by atoms with E-state index in [-0.39, 0.29) is 17.1 Å². The van der Waals surface area contributed by atoms with Gasteiger partial charge in [0, 0.05) is 17.5 Å². The summed E-state index contributed by atoms with van der Waals surface area (Å²) in [6.45, 7) is 5.79. The highest BCUT2D eigenvalue weighted by atomic mass is 32.2. The van der Waals surface area contributed by atoms with E-state index < -0.39 is 27.7 Å². The molecular weight excluding hydrogens is 442 g/mol. The normalized spacial score (nSPS) is 12.6. The molecule has 1 aromatic heterocycles. The Labute approximate surface area is 193 Å². The molecule has 0 radical (unpaired) electrons. The van der Waals surface area contributed by atoms with Crippen LogP contribution in [0.2, 0.25) is 0 Å². The minimum Gasteiger partial charge on any atom is -0.425 e. The standard InChI is InChI=1S/C25H29NO6S/c1-4-6-8-18-15-24(27)32-23-16-19(11-14-21(18)23)31-25(28)22(7-5-2)26-33(29,30)20-12-9-17(3)10-13-20/h9-16,22,26H,4-8H2,1-3H3/t22-/m1/s1. The van der Waals surface area contributed by atoms with Gasteiger partial charge in [0.15, 0.2) is 0 Å². The number of fused-ring (bicyclic) bond motifs is 1. The summed E-state index contributed by atoms with van der Waals surface area (Å²) in [5, 5.41) is 0.785. The van der Waals surface area contributed by atoms with E-state index in [1.54, 1.807) is 24.3 Å². The summed E-state index contributed by atoms with van der Waals surface area (Å²) < 4.78 is 38.7. The Bertz CT molecular complexity index is 1280. The first-order chi connectivity index (χ1) is 15.7. The van der Waals surface area contributed by atoms with E-state index in [0.29, 0.717) is 12.0 Å². The first-order valence-electron chi connectivity index (χ1n) is 11.1. The number of carbonyl (C=O) groups is 1. The number of ether oxygens (including phenoxy) is 1. The van der Waals surface area contributed by atoms with Crippen molar-refractivity contribution in [2.75, 3.05) is 0 Å². The summed E-state index contributed by atoms with van der Waals surface area (Å²) in [7, 11) is -3.90. The van der Waals surface area contributed by atoms with Crippen molar-refractivity contribution in [1.82, 2.24) is 4.72 Å². The Hall–Kier alpha value is -2.97. The zero-order chi connectivity index (χ0) is 24.0. The minimum atomic E-state index is -3.90. The van der Waals surface area contributed by atoms with Crippen LogP contribution >= 0.6 is 0 Å². The van der Waals surface area contributed by atoms with Crippen LogP contribution in [0.4, 0.5) is 0 Å². The van der Waals surface area contributed by atoms with Crippen LogP contribution < -0.4 is 15.1 Å². The van der Waals surface area contributed by atoms with Crippen LogP contribution in [0.5, 0.6) is 5.75 Å². The quantitative estimate of drug-likeness (QED) is 0.265. The molecule has 3 rings (SSSR count). The van der Waals surface area contributed by atoms with Gasteiger partial charge in [0.25, 0.3) is 0 Å². The summed E-state index contributed by atoms with van der Waals surface area (Å²) in [5.41, 5.74) is 1.67. The van der Waals surface area contributed by atoms with Crippen molar-refractivity contribution in [3.05, 3.63) is 70.1 Å². The molecule has 8 heteroatoms. The maximum Gasteiger partial charge on any atom is 0.336 e.